The second-order valence-electron chi connectivity index (χ2n) is 7.95. The highest BCUT2D eigenvalue weighted by molar-refractivity contribution is 6.18. The standard InChI is InChI=1S/C23H20F3N7O2/c1-12(2)33-10-17(18-20(27)29-11-30-21(18)33)19(34)13-6-16(9-28-8-13)32-22(35)31-15-5-3-4-14(7-15)23(24,25)26/h3-12H,1-2H3,(H2,27,29,30)(H2,31,32,35). The molecule has 0 radical (unpaired) electrons. The van der Waals surface area contributed by atoms with E-state index in [1.54, 1.807) is 10.8 Å². The Morgan fingerprint density at radius 1 is 1.06 bits per heavy atom. The Kier molecular flexibility index (Phi) is 6.12. The number of carbonyl (C=O) groups is 2. The van der Waals surface area contributed by atoms with Crippen LogP contribution in [0.15, 0.2) is 55.2 Å². The van der Waals surface area contributed by atoms with Gasteiger partial charge >= 0.3 is 12.2 Å². The number of nitrogens with two attached hydrogens (primary N) is 1. The van der Waals surface area contributed by atoms with Crippen LogP contribution < -0.4 is 16.4 Å². The van der Waals surface area contributed by atoms with Crippen LogP contribution >= 0.6 is 0 Å². The molecule has 0 aliphatic carbocycles. The number of halogens is 3. The Morgan fingerprint density at radius 2 is 1.80 bits per heavy atom. The first-order valence-corrected chi connectivity index (χ1v) is 10.4. The van der Waals surface area contributed by atoms with Gasteiger partial charge in [0.15, 0.2) is 5.78 Å². The monoisotopic (exact) mass is 483 g/mol. The van der Waals surface area contributed by atoms with E-state index in [2.05, 4.69) is 25.6 Å². The molecule has 12 heteroatoms. The third-order valence-electron chi connectivity index (χ3n) is 5.15. The summed E-state index contributed by atoms with van der Waals surface area (Å²) >= 11 is 0. The molecule has 4 N–H and O–H groups in total. The van der Waals surface area contributed by atoms with Crippen LogP contribution in [0.25, 0.3) is 11.0 Å². The second-order valence-corrected chi connectivity index (χ2v) is 7.95. The number of hydrogen-bond donors (Lipinski definition) is 3. The number of anilines is 3. The molecule has 4 rings (SSSR count). The van der Waals surface area contributed by atoms with Gasteiger partial charge in [-0.3, -0.25) is 9.78 Å². The van der Waals surface area contributed by atoms with Crippen molar-refractivity contribution in [2.75, 3.05) is 16.4 Å². The van der Waals surface area contributed by atoms with Crippen LogP contribution in [-0.4, -0.2) is 31.3 Å². The molecule has 0 unspecified atom stereocenters. The minimum absolute atomic E-state index is 0.000907. The topological polar surface area (TPSA) is 128 Å². The average molecular weight is 483 g/mol. The summed E-state index contributed by atoms with van der Waals surface area (Å²) in [4.78, 5) is 37.9. The first-order valence-electron chi connectivity index (χ1n) is 10.4. The molecule has 3 heterocycles. The highest BCUT2D eigenvalue weighted by Crippen LogP contribution is 2.31. The number of ketones is 1. The minimum atomic E-state index is -4.54. The molecule has 0 saturated carbocycles. The molecule has 2 amide bonds. The summed E-state index contributed by atoms with van der Waals surface area (Å²) in [7, 11) is 0. The van der Waals surface area contributed by atoms with Crippen molar-refractivity contribution in [3.05, 3.63) is 71.9 Å². The molecule has 0 atom stereocenters. The summed E-state index contributed by atoms with van der Waals surface area (Å²) in [5.74, 6) is -0.259. The number of rotatable bonds is 5. The van der Waals surface area contributed by atoms with Gasteiger partial charge in [0.1, 0.15) is 17.8 Å². The number of amides is 2. The zero-order valence-corrected chi connectivity index (χ0v) is 18.6. The molecule has 1 aromatic carbocycles. The van der Waals surface area contributed by atoms with Crippen LogP contribution in [0, 0.1) is 0 Å². The van der Waals surface area contributed by atoms with Crippen molar-refractivity contribution in [2.24, 2.45) is 0 Å². The quantitative estimate of drug-likeness (QED) is 0.347. The summed E-state index contributed by atoms with van der Waals surface area (Å²) < 4.78 is 40.5. The number of aromatic nitrogens is 4. The summed E-state index contributed by atoms with van der Waals surface area (Å²) in [5, 5.41) is 5.21. The van der Waals surface area contributed by atoms with E-state index in [1.165, 1.54) is 36.9 Å². The average Bonchev–Trinajstić information content (AvgIpc) is 3.20. The maximum Gasteiger partial charge on any atom is 0.416 e. The van der Waals surface area contributed by atoms with Crippen LogP contribution in [-0.2, 0) is 6.18 Å². The van der Waals surface area contributed by atoms with Crippen LogP contribution in [0.4, 0.5) is 35.2 Å². The Hall–Kier alpha value is -4.48. The number of nitrogens with one attached hydrogen (secondary N) is 2. The van der Waals surface area contributed by atoms with Gasteiger partial charge in [-0.25, -0.2) is 14.8 Å². The largest absolute Gasteiger partial charge is 0.416 e. The van der Waals surface area contributed by atoms with Crippen molar-refractivity contribution in [1.29, 1.82) is 0 Å². The van der Waals surface area contributed by atoms with Gasteiger partial charge in [0.05, 0.1) is 28.4 Å². The van der Waals surface area contributed by atoms with Crippen molar-refractivity contribution < 1.29 is 22.8 Å². The SMILES string of the molecule is CC(C)n1cc(C(=O)c2cncc(NC(=O)Nc3cccc(C(F)(F)F)c3)c2)c2c(N)ncnc21. The lowest BCUT2D eigenvalue weighted by Gasteiger charge is -2.11. The van der Waals surface area contributed by atoms with Gasteiger partial charge in [-0.05, 0) is 38.1 Å². The maximum atomic E-state index is 13.3. The van der Waals surface area contributed by atoms with Gasteiger partial charge in [0.25, 0.3) is 0 Å². The third kappa shape index (κ3) is 4.90. The third-order valence-corrected chi connectivity index (χ3v) is 5.15. The van der Waals surface area contributed by atoms with E-state index in [9.17, 15) is 22.8 Å². The van der Waals surface area contributed by atoms with E-state index < -0.39 is 23.6 Å². The van der Waals surface area contributed by atoms with Gasteiger partial charge in [0.2, 0.25) is 0 Å². The molecular weight excluding hydrogens is 463 g/mol. The van der Waals surface area contributed by atoms with Crippen molar-refractivity contribution in [3.63, 3.8) is 0 Å². The lowest BCUT2D eigenvalue weighted by molar-refractivity contribution is -0.137. The van der Waals surface area contributed by atoms with Crippen molar-refractivity contribution >= 4 is 40.0 Å². The predicted octanol–water partition coefficient (Wildman–Crippen LogP) is 4.88. The molecule has 180 valence electrons. The zero-order chi connectivity index (χ0) is 25.3. The molecular formula is C23H20F3N7O2. The number of carbonyl (C=O) groups excluding carboxylic acids is 2. The first-order chi connectivity index (χ1) is 16.5. The maximum absolute atomic E-state index is 13.3. The van der Waals surface area contributed by atoms with E-state index in [-0.39, 0.29) is 34.4 Å². The molecule has 4 aromatic rings. The molecule has 0 aliphatic rings. The van der Waals surface area contributed by atoms with E-state index >= 15 is 0 Å². The fourth-order valence-electron chi connectivity index (χ4n) is 3.53. The Morgan fingerprint density at radius 3 is 2.51 bits per heavy atom. The predicted molar refractivity (Wildman–Crippen MR) is 124 cm³/mol. The Labute approximate surface area is 197 Å². The van der Waals surface area contributed by atoms with E-state index in [0.29, 0.717) is 11.0 Å². The summed E-state index contributed by atoms with van der Waals surface area (Å²) in [5.41, 5.74) is 6.20. The number of urea groups is 1. The van der Waals surface area contributed by atoms with E-state index in [0.717, 1.165) is 12.1 Å². The van der Waals surface area contributed by atoms with Crippen LogP contribution in [0.1, 0.15) is 41.4 Å². The van der Waals surface area contributed by atoms with Gasteiger partial charge < -0.3 is 20.9 Å². The van der Waals surface area contributed by atoms with Crippen molar-refractivity contribution in [3.8, 4) is 0 Å². The summed E-state index contributed by atoms with van der Waals surface area (Å²) in [6.07, 6.45) is 1.05. The minimum Gasteiger partial charge on any atom is -0.383 e. The van der Waals surface area contributed by atoms with E-state index in [1.807, 2.05) is 13.8 Å². The zero-order valence-electron chi connectivity index (χ0n) is 18.6. The number of hydrogen-bond acceptors (Lipinski definition) is 6. The van der Waals surface area contributed by atoms with Crippen molar-refractivity contribution in [2.45, 2.75) is 26.1 Å². The summed E-state index contributed by atoms with van der Waals surface area (Å²) in [6.45, 7) is 3.86. The normalized spacial score (nSPS) is 11.6. The first kappa shape index (κ1) is 23.7. The van der Waals surface area contributed by atoms with Crippen LogP contribution in [0.2, 0.25) is 0 Å². The summed E-state index contributed by atoms with van der Waals surface area (Å²) in [6, 6.07) is 4.82. The number of alkyl halides is 3. The fraction of sp³-hybridized carbons (Fsp3) is 0.174. The van der Waals surface area contributed by atoms with Gasteiger partial charge in [-0.1, -0.05) is 6.07 Å². The smallest absolute Gasteiger partial charge is 0.383 e. The van der Waals surface area contributed by atoms with Crippen LogP contribution in [0.5, 0.6) is 0 Å². The molecule has 0 aliphatic heterocycles. The molecule has 0 saturated heterocycles. The number of nitrogen functional groups attached to an aromatic ring is 1. The second kappa shape index (κ2) is 9.05. The number of fused-ring (bicyclic) bond motifs is 1. The number of nitrogens with zero attached hydrogens (tertiary/aromatic N) is 4. The molecule has 35 heavy (non-hydrogen) atoms. The molecule has 9 nitrogen and oxygen atoms in total. The molecule has 3 aromatic heterocycles. The van der Waals surface area contributed by atoms with Gasteiger partial charge in [-0.2, -0.15) is 13.2 Å². The van der Waals surface area contributed by atoms with Gasteiger partial charge in [-0.15, -0.1) is 0 Å². The number of benzene rings is 1. The molecule has 0 bridgehead atoms. The molecule has 0 fully saturated rings. The lowest BCUT2D eigenvalue weighted by Crippen LogP contribution is -2.20. The van der Waals surface area contributed by atoms with Gasteiger partial charge in [0, 0.05) is 29.7 Å². The fourth-order valence-corrected chi connectivity index (χ4v) is 3.53. The Balaban J connectivity index is 1.57. The lowest BCUT2D eigenvalue weighted by atomic mass is 10.1. The highest BCUT2D eigenvalue weighted by Gasteiger charge is 2.30. The Bertz CT molecular complexity index is 1430. The van der Waals surface area contributed by atoms with Crippen LogP contribution in [0.3, 0.4) is 0 Å². The van der Waals surface area contributed by atoms with E-state index in [4.69, 9.17) is 5.73 Å². The van der Waals surface area contributed by atoms with Crippen molar-refractivity contribution in [1.82, 2.24) is 19.5 Å². The molecule has 0 spiro atoms. The number of pyridine rings is 1. The highest BCUT2D eigenvalue weighted by atomic mass is 19.4.